The zero-order chi connectivity index (χ0) is 19.1. The summed E-state index contributed by atoms with van der Waals surface area (Å²) in [5.74, 6) is 0.875. The van der Waals surface area contributed by atoms with Crippen molar-refractivity contribution in [3.05, 3.63) is 52.4 Å². The Balaban J connectivity index is 1.59. The number of hydrogen-bond acceptors (Lipinski definition) is 4. The standard InChI is InChI=1S/C19H23Cl2N3O2S/c20-17-5-4-15(13-18(17)21)22-19(27)24(14-16-3-1-10-26-16)7-2-6-23-8-11-25-12-9-23/h1,3-5,10,13H,2,6-9,11-12,14H2,(H,22,27). The van der Waals surface area contributed by atoms with E-state index in [4.69, 9.17) is 44.6 Å². The minimum atomic E-state index is 0.495. The third kappa shape index (κ3) is 6.36. The molecule has 0 unspecified atom stereocenters. The number of nitrogens with zero attached hydrogens (tertiary/aromatic N) is 2. The van der Waals surface area contributed by atoms with Crippen molar-refractivity contribution in [3.63, 3.8) is 0 Å². The summed E-state index contributed by atoms with van der Waals surface area (Å²) in [6.07, 6.45) is 2.68. The molecule has 0 aliphatic carbocycles. The van der Waals surface area contributed by atoms with Gasteiger partial charge in [-0.25, -0.2) is 0 Å². The fourth-order valence-electron chi connectivity index (χ4n) is 2.93. The van der Waals surface area contributed by atoms with Gasteiger partial charge >= 0.3 is 0 Å². The molecule has 1 aliphatic rings. The Morgan fingerprint density at radius 2 is 2.00 bits per heavy atom. The van der Waals surface area contributed by atoms with E-state index in [1.807, 2.05) is 18.2 Å². The summed E-state index contributed by atoms with van der Waals surface area (Å²) in [6.45, 7) is 6.07. The SMILES string of the molecule is S=C(Nc1ccc(Cl)c(Cl)c1)N(CCCN1CCOCC1)Cc1ccco1. The summed E-state index contributed by atoms with van der Waals surface area (Å²) in [6, 6.07) is 9.23. The Kier molecular flexibility index (Phi) is 7.79. The molecule has 0 atom stereocenters. The smallest absolute Gasteiger partial charge is 0.173 e. The fourth-order valence-corrected chi connectivity index (χ4v) is 3.50. The molecule has 5 nitrogen and oxygen atoms in total. The van der Waals surface area contributed by atoms with E-state index in [-0.39, 0.29) is 0 Å². The number of morpholine rings is 1. The molecule has 1 aliphatic heterocycles. The van der Waals surface area contributed by atoms with Gasteiger partial charge in [0.1, 0.15) is 5.76 Å². The molecule has 1 saturated heterocycles. The van der Waals surface area contributed by atoms with Gasteiger partial charge in [0.25, 0.3) is 0 Å². The lowest BCUT2D eigenvalue weighted by Gasteiger charge is -2.29. The molecular weight excluding hydrogens is 405 g/mol. The first-order valence-corrected chi connectivity index (χ1v) is 10.1. The van der Waals surface area contributed by atoms with Gasteiger partial charge in [-0.05, 0) is 49.0 Å². The van der Waals surface area contributed by atoms with Crippen molar-refractivity contribution >= 4 is 46.2 Å². The predicted octanol–water partition coefficient (Wildman–Crippen LogP) is 4.51. The quantitative estimate of drug-likeness (QED) is 0.655. The van der Waals surface area contributed by atoms with Crippen LogP contribution in [0.2, 0.25) is 10.0 Å². The van der Waals surface area contributed by atoms with E-state index in [0.717, 1.165) is 57.3 Å². The minimum absolute atomic E-state index is 0.495. The van der Waals surface area contributed by atoms with Crippen LogP contribution in [0.3, 0.4) is 0 Å². The second-order valence-electron chi connectivity index (χ2n) is 6.37. The van der Waals surface area contributed by atoms with Crippen molar-refractivity contribution in [1.82, 2.24) is 9.80 Å². The average Bonchev–Trinajstić information content (AvgIpc) is 3.18. The Hall–Kier alpha value is -1.31. The molecule has 2 aromatic rings. The fraction of sp³-hybridized carbons (Fsp3) is 0.421. The molecule has 1 fully saturated rings. The molecule has 0 bridgehead atoms. The van der Waals surface area contributed by atoms with E-state index in [2.05, 4.69) is 15.1 Å². The number of furan rings is 1. The summed E-state index contributed by atoms with van der Waals surface area (Å²) in [4.78, 5) is 4.53. The molecule has 0 saturated carbocycles. The van der Waals surface area contributed by atoms with Crippen LogP contribution in [0.4, 0.5) is 5.69 Å². The molecule has 1 aromatic carbocycles. The third-order valence-electron chi connectivity index (χ3n) is 4.39. The van der Waals surface area contributed by atoms with Crippen LogP contribution in [0, 0.1) is 0 Å². The Bertz CT molecular complexity index is 737. The normalized spacial score (nSPS) is 14.9. The molecule has 0 spiro atoms. The molecule has 1 N–H and O–H groups in total. The highest BCUT2D eigenvalue weighted by atomic mass is 35.5. The van der Waals surface area contributed by atoms with Gasteiger partial charge in [-0.15, -0.1) is 0 Å². The van der Waals surface area contributed by atoms with Crippen molar-refractivity contribution in [2.45, 2.75) is 13.0 Å². The maximum absolute atomic E-state index is 6.10. The zero-order valence-electron chi connectivity index (χ0n) is 15.0. The second-order valence-corrected chi connectivity index (χ2v) is 7.57. The summed E-state index contributed by atoms with van der Waals surface area (Å²) < 4.78 is 10.9. The first-order chi connectivity index (χ1) is 13.1. The lowest BCUT2D eigenvalue weighted by Crippen LogP contribution is -2.39. The van der Waals surface area contributed by atoms with Crippen LogP contribution in [0.5, 0.6) is 0 Å². The summed E-state index contributed by atoms with van der Waals surface area (Å²) in [7, 11) is 0. The largest absolute Gasteiger partial charge is 0.467 e. The van der Waals surface area contributed by atoms with E-state index < -0.39 is 0 Å². The van der Waals surface area contributed by atoms with Gasteiger partial charge in [-0.3, -0.25) is 4.90 Å². The average molecular weight is 428 g/mol. The van der Waals surface area contributed by atoms with Gasteiger partial charge in [-0.2, -0.15) is 0 Å². The van der Waals surface area contributed by atoms with Gasteiger partial charge < -0.3 is 19.4 Å². The minimum Gasteiger partial charge on any atom is -0.467 e. The second kappa shape index (κ2) is 10.3. The van der Waals surface area contributed by atoms with Gasteiger partial charge in [0.15, 0.2) is 5.11 Å². The van der Waals surface area contributed by atoms with Crippen LogP contribution in [0.25, 0.3) is 0 Å². The van der Waals surface area contributed by atoms with Crippen molar-refractivity contribution in [1.29, 1.82) is 0 Å². The summed E-state index contributed by atoms with van der Waals surface area (Å²) in [5.41, 5.74) is 0.812. The Labute approximate surface area is 175 Å². The molecule has 8 heteroatoms. The maximum Gasteiger partial charge on any atom is 0.173 e. The number of thiocarbonyl (C=S) groups is 1. The van der Waals surface area contributed by atoms with Gasteiger partial charge in [0.05, 0.1) is 36.1 Å². The lowest BCUT2D eigenvalue weighted by atomic mass is 10.3. The van der Waals surface area contributed by atoms with Gasteiger partial charge in [-0.1, -0.05) is 23.2 Å². The molecule has 0 radical (unpaired) electrons. The van der Waals surface area contributed by atoms with Gasteiger partial charge in [0, 0.05) is 31.9 Å². The van der Waals surface area contributed by atoms with Crippen molar-refractivity contribution in [2.75, 3.05) is 44.7 Å². The molecule has 3 rings (SSSR count). The summed E-state index contributed by atoms with van der Waals surface area (Å²) >= 11 is 17.7. The van der Waals surface area contributed by atoms with Gasteiger partial charge in [0.2, 0.25) is 0 Å². The number of ether oxygens (including phenoxy) is 1. The van der Waals surface area contributed by atoms with E-state index in [1.165, 1.54) is 0 Å². The highest BCUT2D eigenvalue weighted by Gasteiger charge is 2.15. The van der Waals surface area contributed by atoms with Crippen LogP contribution in [-0.4, -0.2) is 54.3 Å². The van der Waals surface area contributed by atoms with Crippen LogP contribution in [0.15, 0.2) is 41.0 Å². The maximum atomic E-state index is 6.10. The van der Waals surface area contributed by atoms with E-state index in [1.54, 1.807) is 18.4 Å². The number of halogens is 2. The van der Waals surface area contributed by atoms with Crippen molar-refractivity contribution in [2.24, 2.45) is 0 Å². The molecule has 2 heterocycles. The molecule has 1 aromatic heterocycles. The third-order valence-corrected chi connectivity index (χ3v) is 5.49. The highest BCUT2D eigenvalue weighted by molar-refractivity contribution is 7.80. The van der Waals surface area contributed by atoms with E-state index >= 15 is 0 Å². The first-order valence-electron chi connectivity index (χ1n) is 8.95. The predicted molar refractivity (Wildman–Crippen MR) is 114 cm³/mol. The topological polar surface area (TPSA) is 40.9 Å². The highest BCUT2D eigenvalue weighted by Crippen LogP contribution is 2.25. The summed E-state index contributed by atoms with van der Waals surface area (Å²) in [5, 5.41) is 4.90. The molecule has 0 amide bonds. The lowest BCUT2D eigenvalue weighted by molar-refractivity contribution is 0.0367. The number of rotatable bonds is 7. The van der Waals surface area contributed by atoms with Crippen LogP contribution < -0.4 is 5.32 Å². The number of nitrogens with one attached hydrogen (secondary N) is 1. The van der Waals surface area contributed by atoms with Crippen molar-refractivity contribution < 1.29 is 9.15 Å². The van der Waals surface area contributed by atoms with Crippen LogP contribution >= 0.6 is 35.4 Å². The number of hydrogen-bond donors (Lipinski definition) is 1. The first kappa shape index (κ1) is 20.4. The monoisotopic (exact) mass is 427 g/mol. The van der Waals surface area contributed by atoms with Crippen LogP contribution in [0.1, 0.15) is 12.2 Å². The van der Waals surface area contributed by atoms with Crippen molar-refractivity contribution in [3.8, 4) is 0 Å². The zero-order valence-corrected chi connectivity index (χ0v) is 17.3. The van der Waals surface area contributed by atoms with Crippen LogP contribution in [-0.2, 0) is 11.3 Å². The Morgan fingerprint density at radius 1 is 1.19 bits per heavy atom. The van der Waals surface area contributed by atoms with E-state index in [0.29, 0.717) is 21.7 Å². The van der Waals surface area contributed by atoms with E-state index in [9.17, 15) is 0 Å². The molecule has 146 valence electrons. The molecular formula is C19H23Cl2N3O2S. The Morgan fingerprint density at radius 3 is 2.70 bits per heavy atom. The number of anilines is 1. The number of benzene rings is 1. The molecule has 27 heavy (non-hydrogen) atoms.